The van der Waals surface area contributed by atoms with E-state index in [1.807, 2.05) is 0 Å². The molecular formula is C30H34F6N2O8. The summed E-state index contributed by atoms with van der Waals surface area (Å²) < 4.78 is 86.3. The van der Waals surface area contributed by atoms with Gasteiger partial charge in [-0.3, -0.25) is 4.79 Å². The van der Waals surface area contributed by atoms with Crippen LogP contribution in [0.25, 0.3) is 0 Å². The lowest BCUT2D eigenvalue weighted by molar-refractivity contribution is -0.921. The van der Waals surface area contributed by atoms with Gasteiger partial charge in [-0.1, -0.05) is 0 Å². The van der Waals surface area contributed by atoms with E-state index in [9.17, 15) is 35.9 Å². The molecule has 2 aliphatic rings. The van der Waals surface area contributed by atoms with Crippen LogP contribution in [0.15, 0.2) is 36.4 Å². The Bertz CT molecular complexity index is 1350. The molecule has 2 aromatic carbocycles. The average molecular weight is 665 g/mol. The highest BCUT2D eigenvalue weighted by Gasteiger charge is 2.46. The Kier molecular flexibility index (Phi) is 11.8. The molecule has 16 heteroatoms. The number of nitrogens with one attached hydrogen (secondary N) is 1. The number of benzene rings is 2. The maximum absolute atomic E-state index is 12.9. The molecule has 2 fully saturated rings. The number of piperidine rings is 1. The van der Waals surface area contributed by atoms with Crippen LogP contribution in [0.1, 0.15) is 49.0 Å². The number of aromatic carboxylic acids is 1. The van der Waals surface area contributed by atoms with Crippen LogP contribution in [-0.4, -0.2) is 74.8 Å². The second-order valence-corrected chi connectivity index (χ2v) is 10.9. The van der Waals surface area contributed by atoms with Gasteiger partial charge in [0.15, 0.2) is 18.1 Å². The van der Waals surface area contributed by atoms with Gasteiger partial charge in [0.25, 0.3) is 0 Å². The molecule has 2 heterocycles. The van der Waals surface area contributed by atoms with Crippen molar-refractivity contribution in [3.63, 3.8) is 0 Å². The van der Waals surface area contributed by atoms with Gasteiger partial charge in [-0.15, -0.1) is 0 Å². The highest BCUT2D eigenvalue weighted by molar-refractivity contribution is 5.97. The first-order valence-corrected chi connectivity index (χ1v) is 14.3. The van der Waals surface area contributed by atoms with Crippen LogP contribution >= 0.6 is 0 Å². The first-order chi connectivity index (χ1) is 21.5. The minimum Gasteiger partial charge on any atom is -0.542 e. The number of quaternary nitrogens is 1. The number of alkyl halides is 6. The third kappa shape index (κ3) is 9.89. The van der Waals surface area contributed by atoms with Crippen LogP contribution in [0.4, 0.5) is 32.0 Å². The van der Waals surface area contributed by atoms with Crippen LogP contribution in [0.3, 0.4) is 0 Å². The van der Waals surface area contributed by atoms with Crippen molar-refractivity contribution in [2.24, 2.45) is 5.41 Å². The zero-order valence-electron chi connectivity index (χ0n) is 25.1. The van der Waals surface area contributed by atoms with E-state index in [4.69, 9.17) is 29.2 Å². The Morgan fingerprint density at radius 2 is 1.48 bits per heavy atom. The van der Waals surface area contributed by atoms with Crippen molar-refractivity contribution in [1.82, 2.24) is 0 Å². The van der Waals surface area contributed by atoms with Gasteiger partial charge in [0, 0.05) is 42.5 Å². The van der Waals surface area contributed by atoms with Gasteiger partial charge in [0.05, 0.1) is 31.9 Å². The van der Waals surface area contributed by atoms with Crippen molar-refractivity contribution in [1.29, 1.82) is 0 Å². The summed E-state index contributed by atoms with van der Waals surface area (Å²) >= 11 is 0. The number of carbonyl (C=O) groups excluding carboxylic acids is 2. The van der Waals surface area contributed by atoms with E-state index in [0.717, 1.165) is 31.5 Å². The predicted molar refractivity (Wildman–Crippen MR) is 148 cm³/mol. The Hall–Kier alpha value is -4.21. The number of carboxylic acids is 2. The van der Waals surface area contributed by atoms with Crippen LogP contribution in [-0.2, 0) is 16.1 Å². The molecule has 0 atom stereocenters. The lowest BCUT2D eigenvalue weighted by Gasteiger charge is -2.36. The Balaban J connectivity index is 0.000000738. The molecule has 2 N–H and O–H groups in total. The molecule has 254 valence electrons. The first kappa shape index (κ1) is 36.3. The second kappa shape index (κ2) is 14.9. The summed E-state index contributed by atoms with van der Waals surface area (Å²) in [5, 5.41) is 17.9. The highest BCUT2D eigenvalue weighted by atomic mass is 19.4. The van der Waals surface area contributed by atoms with Gasteiger partial charge in [0.1, 0.15) is 12.5 Å². The predicted octanol–water partition coefficient (Wildman–Crippen LogP) is 3.02. The number of hydrogen-bond acceptors (Lipinski definition) is 7. The molecule has 0 aliphatic carbocycles. The minimum atomic E-state index is -5.19. The summed E-state index contributed by atoms with van der Waals surface area (Å²) in [7, 11) is 0. The molecule has 10 nitrogen and oxygen atoms in total. The Morgan fingerprint density at radius 1 is 0.957 bits per heavy atom. The third-order valence-corrected chi connectivity index (χ3v) is 7.51. The maximum atomic E-state index is 12.9. The fraction of sp³-hybridized carbons (Fsp3) is 0.500. The van der Waals surface area contributed by atoms with Gasteiger partial charge < -0.3 is 39.0 Å². The van der Waals surface area contributed by atoms with E-state index in [-0.39, 0.29) is 47.3 Å². The standard InChI is InChI=1S/C28H33F3N2O6.C2HF3O2/c1-3-37-22-13-19(14-23(38-4-2)25(22)39-18-28(29,30)31)16-32-11-9-27(10-12-32)15-24(34)33(17-27)21-7-5-20(6-8-21)26(35)36;3-2(4,5)1(6)7/h5-8,13-14H,3-4,9-12,15-18H2,1-2H3,(H,35,36);(H,6,7). The van der Waals surface area contributed by atoms with Crippen LogP contribution in [0, 0.1) is 5.41 Å². The SMILES string of the molecule is CCOc1cc(C[NH+]2CCC3(CC2)CC(=O)N(c2ccc(C(=O)O)cc2)C3)cc(OCC)c1OCC(F)(F)F.O=C([O-])C(F)(F)F. The number of aliphatic carboxylic acids is 1. The van der Waals surface area contributed by atoms with E-state index in [2.05, 4.69) is 0 Å². The van der Waals surface area contributed by atoms with E-state index >= 15 is 0 Å². The second-order valence-electron chi connectivity index (χ2n) is 10.9. The number of ether oxygens (including phenoxy) is 3. The van der Waals surface area contributed by atoms with E-state index in [1.165, 1.54) is 17.0 Å². The quantitative estimate of drug-likeness (QED) is 0.371. The molecule has 4 rings (SSSR count). The fourth-order valence-corrected chi connectivity index (χ4v) is 5.40. The van der Waals surface area contributed by atoms with E-state index < -0.39 is 30.9 Å². The number of carbonyl (C=O) groups is 3. The van der Waals surface area contributed by atoms with Crippen molar-refractivity contribution in [3.05, 3.63) is 47.5 Å². The van der Waals surface area contributed by atoms with Gasteiger partial charge >= 0.3 is 18.3 Å². The summed E-state index contributed by atoms with van der Waals surface area (Å²) in [6, 6.07) is 9.81. The molecule has 0 radical (unpaired) electrons. The van der Waals surface area contributed by atoms with Crippen LogP contribution in [0.5, 0.6) is 17.2 Å². The zero-order valence-corrected chi connectivity index (χ0v) is 25.1. The van der Waals surface area contributed by atoms with Crippen molar-refractivity contribution < 1.29 is 70.0 Å². The summed E-state index contributed by atoms with van der Waals surface area (Å²) in [4.78, 5) is 35.9. The molecule has 0 saturated carbocycles. The topological polar surface area (TPSA) is 130 Å². The summed E-state index contributed by atoms with van der Waals surface area (Å²) in [5.41, 5.74) is 1.62. The zero-order chi connectivity index (χ0) is 34.3. The number of amides is 1. The van der Waals surface area contributed by atoms with Gasteiger partial charge in [-0.05, 0) is 50.2 Å². The number of carboxylic acid groups (broad SMARTS) is 2. The number of hydrogen-bond donors (Lipinski definition) is 2. The van der Waals surface area contributed by atoms with Crippen molar-refractivity contribution in [2.75, 3.05) is 44.4 Å². The molecule has 2 aliphatic heterocycles. The Morgan fingerprint density at radius 3 is 1.91 bits per heavy atom. The van der Waals surface area contributed by atoms with Crippen molar-refractivity contribution >= 4 is 23.5 Å². The largest absolute Gasteiger partial charge is 0.542 e. The number of likely N-dealkylation sites (tertiary alicyclic amines) is 1. The fourth-order valence-electron chi connectivity index (χ4n) is 5.40. The lowest BCUT2D eigenvalue weighted by Crippen LogP contribution is -3.12. The molecule has 0 unspecified atom stereocenters. The third-order valence-electron chi connectivity index (χ3n) is 7.51. The summed E-state index contributed by atoms with van der Waals surface area (Å²) in [6.07, 6.45) is -7.53. The summed E-state index contributed by atoms with van der Waals surface area (Å²) in [6.45, 7) is 5.49. The molecule has 1 spiro atoms. The Labute approximate surface area is 260 Å². The molecule has 2 aromatic rings. The van der Waals surface area contributed by atoms with Crippen molar-refractivity contribution in [2.45, 2.75) is 52.0 Å². The monoisotopic (exact) mass is 664 g/mol. The normalized spacial score (nSPS) is 19.8. The highest BCUT2D eigenvalue weighted by Crippen LogP contribution is 2.42. The smallest absolute Gasteiger partial charge is 0.430 e. The molecule has 1 amide bonds. The molecule has 0 aromatic heterocycles. The number of anilines is 1. The lowest BCUT2D eigenvalue weighted by atomic mass is 9.77. The van der Waals surface area contributed by atoms with Crippen molar-refractivity contribution in [3.8, 4) is 17.2 Å². The molecule has 0 bridgehead atoms. The maximum Gasteiger partial charge on any atom is 0.430 e. The van der Waals surface area contributed by atoms with Crippen LogP contribution in [0.2, 0.25) is 0 Å². The van der Waals surface area contributed by atoms with Gasteiger partial charge in [0.2, 0.25) is 11.7 Å². The molecule has 46 heavy (non-hydrogen) atoms. The molecule has 2 saturated heterocycles. The van der Waals surface area contributed by atoms with E-state index in [0.29, 0.717) is 25.2 Å². The average Bonchev–Trinajstić information content (AvgIpc) is 3.29. The van der Waals surface area contributed by atoms with Crippen LogP contribution < -0.4 is 29.1 Å². The summed E-state index contributed by atoms with van der Waals surface area (Å²) in [5.74, 6) is -3.58. The van der Waals surface area contributed by atoms with Gasteiger partial charge in [-0.2, -0.15) is 26.3 Å². The number of rotatable bonds is 10. The number of nitrogens with zero attached hydrogens (tertiary/aromatic N) is 1. The van der Waals surface area contributed by atoms with Gasteiger partial charge in [-0.25, -0.2) is 4.79 Å². The first-order valence-electron chi connectivity index (χ1n) is 14.3. The molecular weight excluding hydrogens is 630 g/mol. The minimum absolute atomic E-state index is 0.0404. The number of halogens is 6. The van der Waals surface area contributed by atoms with E-state index in [1.54, 1.807) is 43.0 Å².